The van der Waals surface area contributed by atoms with Crippen LogP contribution >= 0.6 is 0 Å². The first kappa shape index (κ1) is 14.2. The molecule has 0 atom stereocenters. The SMILES string of the molecule is CCCCC(=O)NCC(=O)NCc1ccccn1. The number of pyridine rings is 1. The molecule has 1 aromatic heterocycles. The third kappa shape index (κ3) is 5.98. The van der Waals surface area contributed by atoms with E-state index in [0.717, 1.165) is 18.5 Å². The van der Waals surface area contributed by atoms with Crippen LogP contribution in [-0.4, -0.2) is 23.3 Å². The maximum Gasteiger partial charge on any atom is 0.239 e. The van der Waals surface area contributed by atoms with Gasteiger partial charge in [-0.25, -0.2) is 0 Å². The lowest BCUT2D eigenvalue weighted by Crippen LogP contribution is -2.36. The van der Waals surface area contributed by atoms with Crippen LogP contribution in [0.4, 0.5) is 0 Å². The van der Waals surface area contributed by atoms with Crippen molar-refractivity contribution in [3.63, 3.8) is 0 Å². The molecule has 2 N–H and O–H groups in total. The van der Waals surface area contributed by atoms with Gasteiger partial charge in [0.15, 0.2) is 0 Å². The molecule has 1 heterocycles. The minimum atomic E-state index is -0.203. The lowest BCUT2D eigenvalue weighted by molar-refractivity contribution is -0.126. The lowest BCUT2D eigenvalue weighted by atomic mass is 10.2. The molecule has 0 aliphatic carbocycles. The first-order valence-corrected chi connectivity index (χ1v) is 6.15. The molecule has 98 valence electrons. The summed E-state index contributed by atoms with van der Waals surface area (Å²) >= 11 is 0. The Labute approximate surface area is 107 Å². The summed E-state index contributed by atoms with van der Waals surface area (Å²) in [5.74, 6) is -0.282. The molecule has 0 spiro atoms. The average molecular weight is 249 g/mol. The fourth-order valence-corrected chi connectivity index (χ4v) is 1.36. The van der Waals surface area contributed by atoms with Crippen LogP contribution in [-0.2, 0) is 16.1 Å². The summed E-state index contributed by atoms with van der Waals surface area (Å²) in [7, 11) is 0. The van der Waals surface area contributed by atoms with Crippen molar-refractivity contribution < 1.29 is 9.59 Å². The quantitative estimate of drug-likeness (QED) is 0.757. The Morgan fingerprint density at radius 3 is 2.72 bits per heavy atom. The molecule has 5 nitrogen and oxygen atoms in total. The predicted molar refractivity (Wildman–Crippen MR) is 68.6 cm³/mol. The van der Waals surface area contributed by atoms with E-state index in [1.54, 1.807) is 6.20 Å². The Bertz CT molecular complexity index is 379. The summed E-state index contributed by atoms with van der Waals surface area (Å²) < 4.78 is 0. The van der Waals surface area contributed by atoms with E-state index < -0.39 is 0 Å². The highest BCUT2D eigenvalue weighted by Crippen LogP contribution is 1.93. The molecule has 0 fully saturated rings. The smallest absolute Gasteiger partial charge is 0.239 e. The molecule has 5 heteroatoms. The Hall–Kier alpha value is -1.91. The van der Waals surface area contributed by atoms with Gasteiger partial charge in [-0.2, -0.15) is 0 Å². The number of unbranched alkanes of at least 4 members (excludes halogenated alkanes) is 1. The Kier molecular flexibility index (Phi) is 6.46. The van der Waals surface area contributed by atoms with Gasteiger partial charge in [0.2, 0.25) is 11.8 Å². The topological polar surface area (TPSA) is 71.1 Å². The lowest BCUT2D eigenvalue weighted by Gasteiger charge is -2.06. The maximum absolute atomic E-state index is 11.4. The molecular weight excluding hydrogens is 230 g/mol. The largest absolute Gasteiger partial charge is 0.349 e. The second kappa shape index (κ2) is 8.22. The number of nitrogens with one attached hydrogen (secondary N) is 2. The van der Waals surface area contributed by atoms with Gasteiger partial charge in [-0.3, -0.25) is 14.6 Å². The Balaban J connectivity index is 2.16. The fraction of sp³-hybridized carbons (Fsp3) is 0.462. The summed E-state index contributed by atoms with van der Waals surface area (Å²) in [6, 6.07) is 5.51. The van der Waals surface area contributed by atoms with Gasteiger partial charge in [0.05, 0.1) is 18.8 Å². The number of rotatable bonds is 7. The third-order valence-corrected chi connectivity index (χ3v) is 2.40. The molecule has 0 saturated heterocycles. The monoisotopic (exact) mass is 249 g/mol. The van der Waals surface area contributed by atoms with Crippen LogP contribution in [0, 0.1) is 0 Å². The standard InChI is InChI=1S/C13H19N3O2/c1-2-3-7-12(17)16-10-13(18)15-9-11-6-4-5-8-14-11/h4-6,8H,2-3,7,9-10H2,1H3,(H,15,18)(H,16,17). The normalized spacial score (nSPS) is 9.83. The molecule has 2 amide bonds. The number of hydrogen-bond acceptors (Lipinski definition) is 3. The van der Waals surface area contributed by atoms with Gasteiger partial charge in [0.1, 0.15) is 0 Å². The van der Waals surface area contributed by atoms with Gasteiger partial charge in [-0.1, -0.05) is 19.4 Å². The van der Waals surface area contributed by atoms with E-state index in [1.165, 1.54) is 0 Å². The average Bonchev–Trinajstić information content (AvgIpc) is 2.41. The zero-order chi connectivity index (χ0) is 13.2. The summed E-state index contributed by atoms with van der Waals surface area (Å²) in [6.07, 6.45) is 3.97. The number of carbonyl (C=O) groups is 2. The molecule has 18 heavy (non-hydrogen) atoms. The van der Waals surface area contributed by atoms with Gasteiger partial charge < -0.3 is 10.6 Å². The molecule has 1 aromatic rings. The minimum Gasteiger partial charge on any atom is -0.349 e. The molecule has 0 aliphatic heterocycles. The van der Waals surface area contributed by atoms with E-state index in [4.69, 9.17) is 0 Å². The number of hydrogen-bond donors (Lipinski definition) is 2. The highest BCUT2D eigenvalue weighted by molar-refractivity contribution is 5.84. The second-order valence-electron chi connectivity index (χ2n) is 3.98. The highest BCUT2D eigenvalue weighted by Gasteiger charge is 2.04. The second-order valence-corrected chi connectivity index (χ2v) is 3.98. The summed E-state index contributed by atoms with van der Waals surface area (Å²) in [4.78, 5) is 26.8. The highest BCUT2D eigenvalue weighted by atomic mass is 16.2. The molecule has 0 saturated carbocycles. The molecule has 1 rings (SSSR count). The van der Waals surface area contributed by atoms with Gasteiger partial charge in [0.25, 0.3) is 0 Å². The van der Waals surface area contributed by atoms with Crippen molar-refractivity contribution in [2.75, 3.05) is 6.54 Å². The Morgan fingerprint density at radius 2 is 2.06 bits per heavy atom. The van der Waals surface area contributed by atoms with Crippen molar-refractivity contribution in [2.45, 2.75) is 32.7 Å². The van der Waals surface area contributed by atoms with Crippen molar-refractivity contribution >= 4 is 11.8 Å². The molecular formula is C13H19N3O2. The van der Waals surface area contributed by atoms with Crippen LogP contribution < -0.4 is 10.6 Å². The van der Waals surface area contributed by atoms with Crippen molar-refractivity contribution in [3.05, 3.63) is 30.1 Å². The van der Waals surface area contributed by atoms with Crippen LogP contribution in [0.1, 0.15) is 31.9 Å². The number of amides is 2. The molecule has 0 radical (unpaired) electrons. The van der Waals surface area contributed by atoms with Gasteiger partial charge in [0, 0.05) is 12.6 Å². The number of carbonyl (C=O) groups excluding carboxylic acids is 2. The van der Waals surface area contributed by atoms with E-state index in [0.29, 0.717) is 13.0 Å². The van der Waals surface area contributed by atoms with Crippen LogP contribution in [0.15, 0.2) is 24.4 Å². The van der Waals surface area contributed by atoms with Crippen molar-refractivity contribution in [1.82, 2.24) is 15.6 Å². The van der Waals surface area contributed by atoms with Gasteiger partial charge >= 0.3 is 0 Å². The Morgan fingerprint density at radius 1 is 1.22 bits per heavy atom. The predicted octanol–water partition coefficient (Wildman–Crippen LogP) is 1.00. The maximum atomic E-state index is 11.4. The van der Waals surface area contributed by atoms with E-state index in [9.17, 15) is 9.59 Å². The zero-order valence-electron chi connectivity index (χ0n) is 10.6. The van der Waals surface area contributed by atoms with E-state index in [2.05, 4.69) is 15.6 Å². The molecule has 0 aliphatic rings. The fourth-order valence-electron chi connectivity index (χ4n) is 1.36. The summed E-state index contributed by atoms with van der Waals surface area (Å²) in [5, 5.41) is 5.28. The van der Waals surface area contributed by atoms with Crippen LogP contribution in [0.3, 0.4) is 0 Å². The molecule has 0 unspecified atom stereocenters. The van der Waals surface area contributed by atoms with Gasteiger partial charge in [-0.15, -0.1) is 0 Å². The van der Waals surface area contributed by atoms with E-state index >= 15 is 0 Å². The zero-order valence-corrected chi connectivity index (χ0v) is 10.6. The summed E-state index contributed by atoms with van der Waals surface area (Å²) in [5.41, 5.74) is 0.795. The molecule has 0 bridgehead atoms. The van der Waals surface area contributed by atoms with Crippen LogP contribution in [0.25, 0.3) is 0 Å². The van der Waals surface area contributed by atoms with Crippen molar-refractivity contribution in [1.29, 1.82) is 0 Å². The van der Waals surface area contributed by atoms with E-state index in [-0.39, 0.29) is 18.4 Å². The van der Waals surface area contributed by atoms with Crippen LogP contribution in [0.5, 0.6) is 0 Å². The van der Waals surface area contributed by atoms with Crippen molar-refractivity contribution in [3.8, 4) is 0 Å². The first-order valence-electron chi connectivity index (χ1n) is 6.15. The number of nitrogens with zero attached hydrogens (tertiary/aromatic N) is 1. The van der Waals surface area contributed by atoms with Crippen LogP contribution in [0.2, 0.25) is 0 Å². The minimum absolute atomic E-state index is 0.0232. The number of aromatic nitrogens is 1. The van der Waals surface area contributed by atoms with E-state index in [1.807, 2.05) is 25.1 Å². The molecule has 0 aromatic carbocycles. The third-order valence-electron chi connectivity index (χ3n) is 2.40. The first-order chi connectivity index (χ1) is 8.72. The summed E-state index contributed by atoms with van der Waals surface area (Å²) in [6.45, 7) is 2.42. The van der Waals surface area contributed by atoms with Gasteiger partial charge in [-0.05, 0) is 18.6 Å². The van der Waals surface area contributed by atoms with Crippen molar-refractivity contribution in [2.24, 2.45) is 0 Å².